The largest absolute Gasteiger partial charge is 0.384 e. The third-order valence-corrected chi connectivity index (χ3v) is 3.30. The SMILES string of the molecule is COC1CCN(Cc2ccc(F)c(C#CCO)c2)C1. The molecule has 1 aromatic rings. The van der Waals surface area contributed by atoms with Crippen LogP contribution in [0.5, 0.6) is 0 Å². The number of aliphatic hydroxyl groups is 1. The van der Waals surface area contributed by atoms with Crippen LogP contribution in [0.15, 0.2) is 18.2 Å². The van der Waals surface area contributed by atoms with Crippen molar-refractivity contribution < 1.29 is 14.2 Å². The Morgan fingerprint density at radius 1 is 1.53 bits per heavy atom. The van der Waals surface area contributed by atoms with Crippen LogP contribution in [-0.2, 0) is 11.3 Å². The average molecular weight is 263 g/mol. The van der Waals surface area contributed by atoms with Gasteiger partial charge in [0.2, 0.25) is 0 Å². The predicted octanol–water partition coefficient (Wildman–Crippen LogP) is 1.39. The molecule has 1 fully saturated rings. The molecule has 1 atom stereocenters. The normalized spacial score (nSPS) is 19.2. The Bertz CT molecular complexity index is 493. The molecule has 0 amide bonds. The van der Waals surface area contributed by atoms with Gasteiger partial charge < -0.3 is 9.84 Å². The van der Waals surface area contributed by atoms with Crippen LogP contribution in [0.25, 0.3) is 0 Å². The van der Waals surface area contributed by atoms with E-state index in [0.29, 0.717) is 11.7 Å². The van der Waals surface area contributed by atoms with Gasteiger partial charge in [-0.1, -0.05) is 17.9 Å². The average Bonchev–Trinajstić information content (AvgIpc) is 2.87. The van der Waals surface area contributed by atoms with E-state index in [0.717, 1.165) is 31.6 Å². The highest BCUT2D eigenvalue weighted by molar-refractivity contribution is 5.38. The molecule has 1 heterocycles. The molecule has 1 saturated heterocycles. The van der Waals surface area contributed by atoms with Crippen LogP contribution in [0, 0.1) is 17.7 Å². The molecule has 0 saturated carbocycles. The van der Waals surface area contributed by atoms with Crippen LogP contribution in [0.4, 0.5) is 4.39 Å². The van der Waals surface area contributed by atoms with Crippen molar-refractivity contribution in [3.8, 4) is 11.8 Å². The summed E-state index contributed by atoms with van der Waals surface area (Å²) in [6.45, 7) is 2.41. The van der Waals surface area contributed by atoms with Crippen molar-refractivity contribution in [2.24, 2.45) is 0 Å². The maximum Gasteiger partial charge on any atom is 0.138 e. The summed E-state index contributed by atoms with van der Waals surface area (Å²) in [7, 11) is 1.73. The van der Waals surface area contributed by atoms with E-state index in [2.05, 4.69) is 16.7 Å². The molecule has 0 bridgehead atoms. The van der Waals surface area contributed by atoms with Gasteiger partial charge in [-0.25, -0.2) is 4.39 Å². The summed E-state index contributed by atoms with van der Waals surface area (Å²) in [6, 6.07) is 4.96. The highest BCUT2D eigenvalue weighted by atomic mass is 19.1. The topological polar surface area (TPSA) is 32.7 Å². The predicted molar refractivity (Wildman–Crippen MR) is 71.1 cm³/mol. The molecule has 3 nitrogen and oxygen atoms in total. The van der Waals surface area contributed by atoms with Gasteiger partial charge in [-0.15, -0.1) is 0 Å². The van der Waals surface area contributed by atoms with Crippen molar-refractivity contribution >= 4 is 0 Å². The van der Waals surface area contributed by atoms with Crippen LogP contribution in [0.3, 0.4) is 0 Å². The van der Waals surface area contributed by atoms with Crippen molar-refractivity contribution in [3.63, 3.8) is 0 Å². The van der Waals surface area contributed by atoms with Crippen molar-refractivity contribution in [2.75, 3.05) is 26.8 Å². The minimum absolute atomic E-state index is 0.259. The van der Waals surface area contributed by atoms with Gasteiger partial charge in [-0.3, -0.25) is 4.90 Å². The number of aliphatic hydroxyl groups excluding tert-OH is 1. The molecule has 1 aliphatic heterocycles. The number of rotatable bonds is 3. The number of ether oxygens (including phenoxy) is 1. The van der Waals surface area contributed by atoms with Gasteiger partial charge in [0, 0.05) is 26.7 Å². The summed E-state index contributed by atoms with van der Waals surface area (Å²) in [5.74, 6) is 4.76. The van der Waals surface area contributed by atoms with Crippen molar-refractivity contribution in [1.29, 1.82) is 0 Å². The van der Waals surface area contributed by atoms with Gasteiger partial charge in [0.15, 0.2) is 0 Å². The maximum atomic E-state index is 13.5. The second kappa shape index (κ2) is 6.67. The van der Waals surface area contributed by atoms with Crippen molar-refractivity contribution in [1.82, 2.24) is 4.90 Å². The molecule has 1 unspecified atom stereocenters. The fourth-order valence-electron chi connectivity index (χ4n) is 2.29. The highest BCUT2D eigenvalue weighted by Crippen LogP contribution is 2.17. The zero-order valence-corrected chi connectivity index (χ0v) is 11.0. The van der Waals surface area contributed by atoms with E-state index in [1.165, 1.54) is 6.07 Å². The number of nitrogens with zero attached hydrogens (tertiary/aromatic N) is 1. The van der Waals surface area contributed by atoms with E-state index in [4.69, 9.17) is 9.84 Å². The first-order valence-electron chi connectivity index (χ1n) is 6.36. The molecule has 1 aliphatic rings. The summed E-state index contributed by atoms with van der Waals surface area (Å²) < 4.78 is 18.8. The number of hydrogen-bond donors (Lipinski definition) is 1. The van der Waals surface area contributed by atoms with Gasteiger partial charge in [0.1, 0.15) is 12.4 Å². The second-order valence-corrected chi connectivity index (χ2v) is 4.66. The van der Waals surface area contributed by atoms with Gasteiger partial charge >= 0.3 is 0 Å². The number of benzene rings is 1. The molecule has 0 spiro atoms. The Kier molecular flexibility index (Phi) is 4.92. The maximum absolute atomic E-state index is 13.5. The Hall–Kier alpha value is -1.41. The quantitative estimate of drug-likeness (QED) is 0.837. The highest BCUT2D eigenvalue weighted by Gasteiger charge is 2.21. The van der Waals surface area contributed by atoms with Crippen LogP contribution in [0.2, 0.25) is 0 Å². The zero-order valence-electron chi connectivity index (χ0n) is 11.0. The summed E-state index contributed by atoms with van der Waals surface area (Å²) in [4.78, 5) is 2.28. The monoisotopic (exact) mass is 263 g/mol. The Balaban J connectivity index is 2.05. The summed E-state index contributed by atoms with van der Waals surface area (Å²) in [6.07, 6.45) is 1.34. The fraction of sp³-hybridized carbons (Fsp3) is 0.467. The number of halogens is 1. The van der Waals surface area contributed by atoms with E-state index >= 15 is 0 Å². The van der Waals surface area contributed by atoms with E-state index in [9.17, 15) is 4.39 Å². The first-order valence-corrected chi connectivity index (χ1v) is 6.36. The summed E-state index contributed by atoms with van der Waals surface area (Å²) >= 11 is 0. The minimum atomic E-state index is -0.346. The lowest BCUT2D eigenvalue weighted by Crippen LogP contribution is -2.22. The third-order valence-electron chi connectivity index (χ3n) is 3.30. The Morgan fingerprint density at radius 3 is 3.05 bits per heavy atom. The van der Waals surface area contributed by atoms with Gasteiger partial charge in [-0.2, -0.15) is 0 Å². The first-order chi connectivity index (χ1) is 9.22. The van der Waals surface area contributed by atoms with Gasteiger partial charge in [0.25, 0.3) is 0 Å². The van der Waals surface area contributed by atoms with Crippen molar-refractivity contribution in [3.05, 3.63) is 35.1 Å². The molecule has 0 aliphatic carbocycles. The smallest absolute Gasteiger partial charge is 0.138 e. The zero-order chi connectivity index (χ0) is 13.7. The molecular weight excluding hydrogens is 245 g/mol. The third kappa shape index (κ3) is 3.77. The number of likely N-dealkylation sites (tertiary alicyclic amines) is 1. The van der Waals surface area contributed by atoms with Gasteiger partial charge in [0.05, 0.1) is 11.7 Å². The van der Waals surface area contributed by atoms with E-state index in [1.807, 2.05) is 0 Å². The Labute approximate surface area is 113 Å². The molecule has 19 heavy (non-hydrogen) atoms. The van der Waals surface area contributed by atoms with Gasteiger partial charge in [-0.05, 0) is 24.1 Å². The number of methoxy groups -OCH3 is 1. The molecule has 1 N–H and O–H groups in total. The minimum Gasteiger partial charge on any atom is -0.384 e. The molecule has 102 valence electrons. The lowest BCUT2D eigenvalue weighted by Gasteiger charge is -2.15. The number of hydrogen-bond acceptors (Lipinski definition) is 3. The van der Waals surface area contributed by atoms with Crippen LogP contribution >= 0.6 is 0 Å². The second-order valence-electron chi connectivity index (χ2n) is 4.66. The first kappa shape index (κ1) is 14.0. The van der Waals surface area contributed by atoms with Crippen LogP contribution < -0.4 is 0 Å². The molecule has 1 aromatic carbocycles. The molecule has 0 aromatic heterocycles. The summed E-state index contributed by atoms with van der Waals surface area (Å²) in [5, 5.41) is 8.66. The standard InChI is InChI=1S/C15H18FNO2/c1-19-14-6-7-17(11-14)10-12-4-5-15(16)13(9-12)3-2-8-18/h4-5,9,14,18H,6-8,10-11H2,1H3. The van der Waals surface area contributed by atoms with E-state index < -0.39 is 0 Å². The fourth-order valence-corrected chi connectivity index (χ4v) is 2.29. The lowest BCUT2D eigenvalue weighted by molar-refractivity contribution is 0.107. The Morgan fingerprint density at radius 2 is 2.37 bits per heavy atom. The van der Waals surface area contributed by atoms with E-state index in [-0.39, 0.29) is 12.4 Å². The molecule has 0 radical (unpaired) electrons. The van der Waals surface area contributed by atoms with Crippen LogP contribution in [0.1, 0.15) is 17.5 Å². The molecule has 2 rings (SSSR count). The summed E-state index contributed by atoms with van der Waals surface area (Å²) in [5.41, 5.74) is 1.37. The molecular formula is C15H18FNO2. The van der Waals surface area contributed by atoms with E-state index in [1.54, 1.807) is 19.2 Å². The lowest BCUT2D eigenvalue weighted by atomic mass is 10.1. The van der Waals surface area contributed by atoms with Crippen molar-refractivity contribution in [2.45, 2.75) is 19.1 Å². The molecule has 4 heteroatoms. The van der Waals surface area contributed by atoms with Crippen LogP contribution in [-0.4, -0.2) is 42.9 Å².